The molecule has 1 aromatic carbocycles. The monoisotopic (exact) mass is 267 g/mol. The number of anilines is 1. The number of halogens is 1. The Morgan fingerprint density at radius 2 is 2.16 bits per heavy atom. The third-order valence-electron chi connectivity index (χ3n) is 3.77. The predicted octanol–water partition coefficient (Wildman–Crippen LogP) is 3.19. The summed E-state index contributed by atoms with van der Waals surface area (Å²) in [4.78, 5) is 0. The van der Waals surface area contributed by atoms with Crippen molar-refractivity contribution in [2.45, 2.75) is 38.2 Å². The maximum Gasteiger partial charge on any atom is 0.144 e. The van der Waals surface area contributed by atoms with Gasteiger partial charge in [-0.3, -0.25) is 0 Å². The third kappa shape index (κ3) is 4.10. The van der Waals surface area contributed by atoms with Gasteiger partial charge in [0, 0.05) is 12.6 Å². The number of nitrogens with one attached hydrogen (secondary N) is 1. The quantitative estimate of drug-likeness (QED) is 0.831. The van der Waals surface area contributed by atoms with Gasteiger partial charge in [0.05, 0.1) is 18.9 Å². The maximum atomic E-state index is 13.0. The summed E-state index contributed by atoms with van der Waals surface area (Å²) in [5, 5.41) is 13.1. The molecule has 0 amide bonds. The van der Waals surface area contributed by atoms with Crippen molar-refractivity contribution in [1.82, 2.24) is 0 Å². The van der Waals surface area contributed by atoms with Gasteiger partial charge in [-0.25, -0.2) is 4.39 Å². The highest BCUT2D eigenvalue weighted by molar-refractivity contribution is 5.56. The minimum atomic E-state index is -0.363. The largest absolute Gasteiger partial charge is 0.494 e. The van der Waals surface area contributed by atoms with Gasteiger partial charge in [0.2, 0.25) is 0 Å². The van der Waals surface area contributed by atoms with E-state index in [0.29, 0.717) is 18.2 Å². The molecule has 106 valence electrons. The lowest BCUT2D eigenvalue weighted by Gasteiger charge is -2.17. The van der Waals surface area contributed by atoms with Gasteiger partial charge in [-0.1, -0.05) is 25.7 Å². The summed E-state index contributed by atoms with van der Waals surface area (Å²) in [5.41, 5.74) is 0.717. The molecule has 1 atom stereocenters. The summed E-state index contributed by atoms with van der Waals surface area (Å²) >= 11 is 0. The zero-order valence-electron chi connectivity index (χ0n) is 11.4. The van der Waals surface area contributed by atoms with E-state index < -0.39 is 0 Å². The van der Waals surface area contributed by atoms with Gasteiger partial charge >= 0.3 is 0 Å². The van der Waals surface area contributed by atoms with E-state index >= 15 is 0 Å². The molecule has 4 heteroatoms. The predicted molar refractivity (Wildman–Crippen MR) is 74.0 cm³/mol. The first-order valence-corrected chi connectivity index (χ1v) is 6.94. The lowest BCUT2D eigenvalue weighted by Crippen LogP contribution is -2.22. The van der Waals surface area contributed by atoms with Crippen LogP contribution in [0, 0.1) is 11.7 Å². The first-order valence-electron chi connectivity index (χ1n) is 6.94. The van der Waals surface area contributed by atoms with Crippen molar-refractivity contribution in [3.05, 3.63) is 24.0 Å². The molecule has 19 heavy (non-hydrogen) atoms. The third-order valence-corrected chi connectivity index (χ3v) is 3.77. The van der Waals surface area contributed by atoms with Crippen molar-refractivity contribution in [2.24, 2.45) is 5.92 Å². The van der Waals surface area contributed by atoms with Gasteiger partial charge in [0.15, 0.2) is 0 Å². The van der Waals surface area contributed by atoms with E-state index in [0.717, 1.165) is 12.1 Å². The Hall–Kier alpha value is -1.29. The molecule has 2 rings (SSSR count). The second-order valence-corrected chi connectivity index (χ2v) is 5.27. The smallest absolute Gasteiger partial charge is 0.144 e. The first-order chi connectivity index (χ1) is 9.19. The Kier molecular flexibility index (Phi) is 5.02. The standard InChI is InChI=1S/C15H22FNO2/c1-19-15-9-12(16)6-7-14(15)17-10-13(18)8-11-4-2-3-5-11/h6-7,9,11,13,17-18H,2-5,8,10H2,1H3. The topological polar surface area (TPSA) is 41.5 Å². The van der Waals surface area contributed by atoms with Crippen LogP contribution in [-0.2, 0) is 0 Å². The van der Waals surface area contributed by atoms with Gasteiger partial charge in [0.1, 0.15) is 11.6 Å². The minimum absolute atomic E-state index is 0.325. The van der Waals surface area contributed by atoms with Crippen molar-refractivity contribution >= 4 is 5.69 Å². The molecule has 0 radical (unpaired) electrons. The first kappa shape index (κ1) is 14.1. The summed E-state index contributed by atoms with van der Waals surface area (Å²) < 4.78 is 18.2. The van der Waals surface area contributed by atoms with Crippen molar-refractivity contribution in [3.63, 3.8) is 0 Å². The summed E-state index contributed by atoms with van der Waals surface area (Å²) in [6.07, 6.45) is 5.52. The second kappa shape index (κ2) is 6.75. The van der Waals surface area contributed by atoms with Gasteiger partial charge in [0.25, 0.3) is 0 Å². The summed E-state index contributed by atoms with van der Waals surface area (Å²) in [5.74, 6) is 0.800. The zero-order valence-corrected chi connectivity index (χ0v) is 11.4. The fourth-order valence-electron chi connectivity index (χ4n) is 2.75. The van der Waals surface area contributed by atoms with Crippen molar-refractivity contribution < 1.29 is 14.2 Å². The second-order valence-electron chi connectivity index (χ2n) is 5.27. The van der Waals surface area contributed by atoms with Crippen LogP contribution < -0.4 is 10.1 Å². The molecule has 1 aromatic rings. The number of hydrogen-bond acceptors (Lipinski definition) is 3. The number of hydrogen-bond donors (Lipinski definition) is 2. The number of ether oxygens (including phenoxy) is 1. The van der Waals surface area contributed by atoms with E-state index in [-0.39, 0.29) is 11.9 Å². The van der Waals surface area contributed by atoms with E-state index in [2.05, 4.69) is 5.32 Å². The molecule has 0 aliphatic heterocycles. The summed E-state index contributed by atoms with van der Waals surface area (Å²) in [6, 6.07) is 4.36. The number of methoxy groups -OCH3 is 1. The number of benzene rings is 1. The molecule has 0 spiro atoms. The fraction of sp³-hybridized carbons (Fsp3) is 0.600. The Morgan fingerprint density at radius 3 is 2.84 bits per heavy atom. The van der Waals surface area contributed by atoms with E-state index in [1.807, 2.05) is 0 Å². The van der Waals surface area contributed by atoms with E-state index in [1.54, 1.807) is 6.07 Å². The van der Waals surface area contributed by atoms with Gasteiger partial charge in [-0.05, 0) is 24.5 Å². The number of rotatable bonds is 6. The van der Waals surface area contributed by atoms with E-state index in [1.165, 1.54) is 44.9 Å². The van der Waals surface area contributed by atoms with Crippen LogP contribution in [0.2, 0.25) is 0 Å². The van der Waals surface area contributed by atoms with Crippen LogP contribution >= 0.6 is 0 Å². The Bertz CT molecular complexity index is 405. The number of aliphatic hydroxyl groups is 1. The molecule has 3 nitrogen and oxygen atoms in total. The molecule has 0 heterocycles. The van der Waals surface area contributed by atoms with Gasteiger partial charge in [-0.15, -0.1) is 0 Å². The highest BCUT2D eigenvalue weighted by atomic mass is 19.1. The Balaban J connectivity index is 1.83. The van der Waals surface area contributed by atoms with Crippen LogP contribution in [0.15, 0.2) is 18.2 Å². The average Bonchev–Trinajstić information content (AvgIpc) is 2.90. The Morgan fingerprint density at radius 1 is 1.42 bits per heavy atom. The normalized spacial score (nSPS) is 17.4. The lowest BCUT2D eigenvalue weighted by atomic mass is 10.00. The lowest BCUT2D eigenvalue weighted by molar-refractivity contribution is 0.155. The van der Waals surface area contributed by atoms with Crippen molar-refractivity contribution in [1.29, 1.82) is 0 Å². The molecule has 0 bridgehead atoms. The number of aliphatic hydroxyl groups excluding tert-OH is 1. The van der Waals surface area contributed by atoms with Gasteiger partial charge in [-0.2, -0.15) is 0 Å². The van der Waals surface area contributed by atoms with Gasteiger partial charge < -0.3 is 15.2 Å². The molecule has 1 saturated carbocycles. The van der Waals surface area contributed by atoms with Crippen LogP contribution in [0.3, 0.4) is 0 Å². The summed E-state index contributed by atoms with van der Waals surface area (Å²) in [7, 11) is 1.51. The minimum Gasteiger partial charge on any atom is -0.494 e. The maximum absolute atomic E-state index is 13.0. The molecular weight excluding hydrogens is 245 g/mol. The fourth-order valence-corrected chi connectivity index (χ4v) is 2.75. The highest BCUT2D eigenvalue weighted by Crippen LogP contribution is 2.29. The zero-order chi connectivity index (χ0) is 13.7. The van der Waals surface area contributed by atoms with Crippen LogP contribution in [0.5, 0.6) is 5.75 Å². The van der Waals surface area contributed by atoms with E-state index in [9.17, 15) is 9.50 Å². The molecule has 1 fully saturated rings. The van der Waals surface area contributed by atoms with Crippen molar-refractivity contribution in [2.75, 3.05) is 19.0 Å². The van der Waals surface area contributed by atoms with Crippen molar-refractivity contribution in [3.8, 4) is 5.75 Å². The summed E-state index contributed by atoms with van der Waals surface area (Å²) in [6.45, 7) is 0.471. The molecule has 1 aliphatic carbocycles. The van der Waals surface area contributed by atoms with Crippen LogP contribution in [0.25, 0.3) is 0 Å². The average molecular weight is 267 g/mol. The van der Waals surface area contributed by atoms with Crippen LogP contribution in [0.1, 0.15) is 32.1 Å². The molecular formula is C15H22FNO2. The molecule has 2 N–H and O–H groups in total. The van der Waals surface area contributed by atoms with E-state index in [4.69, 9.17) is 4.74 Å². The molecule has 1 unspecified atom stereocenters. The van der Waals surface area contributed by atoms with Crippen LogP contribution in [-0.4, -0.2) is 24.9 Å². The highest BCUT2D eigenvalue weighted by Gasteiger charge is 2.18. The molecule has 0 aromatic heterocycles. The SMILES string of the molecule is COc1cc(F)ccc1NCC(O)CC1CCCC1. The molecule has 0 saturated heterocycles. The Labute approximate surface area is 113 Å². The van der Waals surface area contributed by atoms with Crippen LogP contribution in [0.4, 0.5) is 10.1 Å². The molecule has 1 aliphatic rings.